The van der Waals surface area contributed by atoms with Crippen LogP contribution in [0.15, 0.2) is 22.9 Å². The van der Waals surface area contributed by atoms with E-state index in [1.807, 2.05) is 0 Å². The van der Waals surface area contributed by atoms with Crippen LogP contribution >= 0.6 is 22.7 Å². The van der Waals surface area contributed by atoms with Crippen molar-refractivity contribution in [1.29, 1.82) is 0 Å². The van der Waals surface area contributed by atoms with E-state index < -0.39 is 0 Å². The highest BCUT2D eigenvalue weighted by Crippen LogP contribution is 2.40. The molecule has 0 bridgehead atoms. The molecule has 0 saturated heterocycles. The highest BCUT2D eigenvalue weighted by molar-refractivity contribution is 7.10. The van der Waals surface area contributed by atoms with Gasteiger partial charge in [-0.2, -0.15) is 0 Å². The molecule has 0 amide bonds. The lowest BCUT2D eigenvalue weighted by Gasteiger charge is -1.99. The summed E-state index contributed by atoms with van der Waals surface area (Å²) in [7, 11) is 0. The Morgan fingerprint density at radius 2 is 2.25 bits per heavy atom. The quantitative estimate of drug-likeness (QED) is 0.880. The largest absolute Gasteiger partial charge is 0.306 e. The van der Waals surface area contributed by atoms with Crippen molar-refractivity contribution in [3.05, 3.63) is 38.5 Å². The number of nitrogens with one attached hydrogen (secondary N) is 1. The fourth-order valence-electron chi connectivity index (χ4n) is 1.68. The van der Waals surface area contributed by atoms with E-state index in [-0.39, 0.29) is 0 Å². The van der Waals surface area contributed by atoms with Crippen LogP contribution in [0.1, 0.15) is 34.3 Å². The van der Waals surface area contributed by atoms with Crippen LogP contribution in [0.4, 0.5) is 0 Å². The first kappa shape index (κ1) is 10.4. The van der Waals surface area contributed by atoms with Gasteiger partial charge in [0, 0.05) is 29.3 Å². The van der Waals surface area contributed by atoms with Gasteiger partial charge in [-0.3, -0.25) is 0 Å². The molecule has 0 aromatic carbocycles. The van der Waals surface area contributed by atoms with E-state index in [9.17, 15) is 0 Å². The number of thiazole rings is 1. The molecule has 0 unspecified atom stereocenters. The number of nitrogens with zero attached hydrogens (tertiary/aromatic N) is 1. The summed E-state index contributed by atoms with van der Waals surface area (Å²) < 4.78 is 0. The van der Waals surface area contributed by atoms with Crippen LogP contribution in [0.25, 0.3) is 0 Å². The van der Waals surface area contributed by atoms with Crippen LogP contribution < -0.4 is 5.32 Å². The summed E-state index contributed by atoms with van der Waals surface area (Å²) in [4.78, 5) is 6.04. The summed E-state index contributed by atoms with van der Waals surface area (Å²) in [6.45, 7) is 1.85. The smallest absolute Gasteiger partial charge is 0.107 e. The molecule has 0 spiro atoms. The summed E-state index contributed by atoms with van der Waals surface area (Å²) >= 11 is 3.58. The van der Waals surface area contributed by atoms with E-state index in [4.69, 9.17) is 0 Å². The third-order valence-electron chi connectivity index (χ3n) is 2.72. The lowest BCUT2D eigenvalue weighted by Crippen LogP contribution is -2.11. The van der Waals surface area contributed by atoms with Gasteiger partial charge in [0.25, 0.3) is 0 Å². The average molecular weight is 250 g/mol. The van der Waals surface area contributed by atoms with Gasteiger partial charge >= 0.3 is 0 Å². The van der Waals surface area contributed by atoms with Gasteiger partial charge in [0.2, 0.25) is 0 Å². The molecule has 2 aromatic heterocycles. The topological polar surface area (TPSA) is 24.9 Å². The van der Waals surface area contributed by atoms with Crippen molar-refractivity contribution in [2.24, 2.45) is 0 Å². The molecule has 1 fully saturated rings. The van der Waals surface area contributed by atoms with E-state index in [1.165, 1.54) is 28.4 Å². The zero-order chi connectivity index (χ0) is 10.8. The molecule has 0 radical (unpaired) electrons. The molecule has 1 aliphatic carbocycles. The van der Waals surface area contributed by atoms with Crippen LogP contribution in [-0.2, 0) is 13.1 Å². The zero-order valence-electron chi connectivity index (χ0n) is 8.98. The summed E-state index contributed by atoms with van der Waals surface area (Å²) in [5, 5.41) is 8.99. The zero-order valence-corrected chi connectivity index (χ0v) is 10.6. The number of aromatic nitrogens is 1. The minimum atomic E-state index is 0.780. The second kappa shape index (κ2) is 4.65. The van der Waals surface area contributed by atoms with E-state index in [0.29, 0.717) is 0 Å². The van der Waals surface area contributed by atoms with Crippen LogP contribution in [-0.4, -0.2) is 4.98 Å². The van der Waals surface area contributed by atoms with Crippen molar-refractivity contribution in [2.75, 3.05) is 0 Å². The third-order valence-corrected chi connectivity index (χ3v) is 4.46. The first-order valence-corrected chi connectivity index (χ1v) is 7.35. The van der Waals surface area contributed by atoms with Crippen molar-refractivity contribution >= 4 is 22.7 Å². The van der Waals surface area contributed by atoms with Crippen LogP contribution in [0.5, 0.6) is 0 Å². The Hall–Kier alpha value is -0.710. The number of thiophene rings is 1. The van der Waals surface area contributed by atoms with E-state index >= 15 is 0 Å². The summed E-state index contributed by atoms with van der Waals surface area (Å²) in [6, 6.07) is 4.26. The number of rotatable bonds is 5. The Bertz CT molecular complexity index is 443. The Labute approximate surface area is 103 Å². The van der Waals surface area contributed by atoms with E-state index in [0.717, 1.165) is 19.0 Å². The average Bonchev–Trinajstić information content (AvgIpc) is 2.83. The molecule has 1 aliphatic rings. The molecule has 0 atom stereocenters. The Balaban J connectivity index is 1.50. The second-order valence-corrected chi connectivity index (χ2v) is 6.10. The molecule has 2 heterocycles. The van der Waals surface area contributed by atoms with Crippen LogP contribution in [0, 0.1) is 0 Å². The minimum Gasteiger partial charge on any atom is -0.306 e. The number of hydrogen-bond donors (Lipinski definition) is 1. The fourth-order valence-corrected chi connectivity index (χ4v) is 3.20. The molecule has 2 aromatic rings. The van der Waals surface area contributed by atoms with Gasteiger partial charge in [0.1, 0.15) is 5.01 Å². The van der Waals surface area contributed by atoms with Gasteiger partial charge < -0.3 is 5.32 Å². The van der Waals surface area contributed by atoms with Crippen molar-refractivity contribution in [1.82, 2.24) is 10.3 Å². The van der Waals surface area contributed by atoms with E-state index in [2.05, 4.69) is 33.2 Å². The predicted molar refractivity (Wildman–Crippen MR) is 69.0 cm³/mol. The predicted octanol–water partition coefficient (Wildman–Crippen LogP) is 3.37. The highest BCUT2D eigenvalue weighted by Gasteiger charge is 2.25. The Morgan fingerprint density at radius 1 is 1.31 bits per heavy atom. The van der Waals surface area contributed by atoms with Gasteiger partial charge in [-0.1, -0.05) is 6.07 Å². The van der Waals surface area contributed by atoms with E-state index in [1.54, 1.807) is 22.7 Å². The molecule has 3 rings (SSSR count). The summed E-state index contributed by atoms with van der Waals surface area (Å²) in [6.07, 6.45) is 2.68. The van der Waals surface area contributed by atoms with Crippen LogP contribution in [0.3, 0.4) is 0 Å². The standard InChI is InChI=1S/C12H14N2S2/c1-2-10(15-5-1)6-13-7-12-14-11(8-16-12)9-3-4-9/h1-2,5,8-9,13H,3-4,6-7H2. The third kappa shape index (κ3) is 2.51. The molecule has 4 heteroatoms. The minimum absolute atomic E-state index is 0.780. The van der Waals surface area contributed by atoms with Crippen LogP contribution in [0.2, 0.25) is 0 Å². The summed E-state index contributed by atoms with van der Waals surface area (Å²) in [5.74, 6) is 0.780. The molecule has 84 valence electrons. The first-order chi connectivity index (χ1) is 7.92. The monoisotopic (exact) mass is 250 g/mol. The normalized spacial score (nSPS) is 15.5. The van der Waals surface area contributed by atoms with Gasteiger partial charge in [-0.15, -0.1) is 22.7 Å². The summed E-state index contributed by atoms with van der Waals surface area (Å²) in [5.41, 5.74) is 1.32. The van der Waals surface area contributed by atoms with Gasteiger partial charge in [-0.05, 0) is 24.3 Å². The molecule has 1 N–H and O–H groups in total. The second-order valence-electron chi connectivity index (χ2n) is 4.12. The Kier molecular flexibility index (Phi) is 3.04. The lowest BCUT2D eigenvalue weighted by atomic mass is 10.3. The van der Waals surface area contributed by atoms with Gasteiger partial charge in [-0.25, -0.2) is 4.98 Å². The van der Waals surface area contributed by atoms with Gasteiger partial charge in [0.05, 0.1) is 5.69 Å². The van der Waals surface area contributed by atoms with Crippen molar-refractivity contribution in [3.63, 3.8) is 0 Å². The SMILES string of the molecule is c1csc(CNCc2nc(C3CC3)cs2)c1. The van der Waals surface area contributed by atoms with Crippen molar-refractivity contribution in [3.8, 4) is 0 Å². The molecule has 0 aliphatic heterocycles. The lowest BCUT2D eigenvalue weighted by molar-refractivity contribution is 0.695. The Morgan fingerprint density at radius 3 is 3.00 bits per heavy atom. The van der Waals surface area contributed by atoms with Crippen molar-refractivity contribution < 1.29 is 0 Å². The molecule has 2 nitrogen and oxygen atoms in total. The highest BCUT2D eigenvalue weighted by atomic mass is 32.1. The maximum absolute atomic E-state index is 4.65. The molecule has 16 heavy (non-hydrogen) atoms. The van der Waals surface area contributed by atoms with Gasteiger partial charge in [0.15, 0.2) is 0 Å². The first-order valence-electron chi connectivity index (χ1n) is 5.59. The maximum atomic E-state index is 4.65. The van der Waals surface area contributed by atoms with Crippen molar-refractivity contribution in [2.45, 2.75) is 31.8 Å². The fraction of sp³-hybridized carbons (Fsp3) is 0.417. The maximum Gasteiger partial charge on any atom is 0.107 e. The number of hydrogen-bond acceptors (Lipinski definition) is 4. The molecular formula is C12H14N2S2. The molecule has 1 saturated carbocycles. The molecular weight excluding hydrogens is 236 g/mol.